The fourth-order valence-electron chi connectivity index (χ4n) is 4.80. The van der Waals surface area contributed by atoms with Gasteiger partial charge in [-0.1, -0.05) is 58.0 Å². The number of halogens is 1. The van der Waals surface area contributed by atoms with Crippen molar-refractivity contribution in [3.63, 3.8) is 0 Å². The molecule has 1 aliphatic rings. The molecule has 0 aliphatic carbocycles. The van der Waals surface area contributed by atoms with E-state index in [1.54, 1.807) is 24.3 Å². The van der Waals surface area contributed by atoms with Gasteiger partial charge in [0.25, 0.3) is 0 Å². The minimum absolute atomic E-state index is 0.405. The molecule has 1 aliphatic heterocycles. The molecule has 2 aromatic rings. The third-order valence-electron chi connectivity index (χ3n) is 7.05. The van der Waals surface area contributed by atoms with Crippen molar-refractivity contribution in [1.82, 2.24) is 10.2 Å². The molecule has 180 valence electrons. The van der Waals surface area contributed by atoms with E-state index >= 15 is 4.39 Å². The summed E-state index contributed by atoms with van der Waals surface area (Å²) < 4.78 is 15.7. The number of nitrogens with zero attached hydrogens (tertiary/aromatic N) is 2. The Morgan fingerprint density at radius 2 is 1.76 bits per heavy atom. The van der Waals surface area contributed by atoms with Crippen LogP contribution in [0.25, 0.3) is 11.4 Å². The number of benzene rings is 2. The molecule has 1 N–H and O–H groups in total. The predicted molar refractivity (Wildman–Crippen MR) is 141 cm³/mol. The SMILES string of the molecule is C=C(NCCCCC)c1cc(C(=C)N2CCC(F)(c3ccc(C#N)cc3)CC2)c(C)cc1CC. The Morgan fingerprint density at radius 3 is 2.35 bits per heavy atom. The van der Waals surface area contributed by atoms with E-state index in [4.69, 9.17) is 5.26 Å². The van der Waals surface area contributed by atoms with Crippen molar-refractivity contribution >= 4 is 11.4 Å². The van der Waals surface area contributed by atoms with Crippen molar-refractivity contribution < 1.29 is 4.39 Å². The summed E-state index contributed by atoms with van der Waals surface area (Å²) in [6, 6.07) is 13.5. The van der Waals surface area contributed by atoms with Crippen molar-refractivity contribution in [2.75, 3.05) is 19.6 Å². The molecule has 2 aromatic carbocycles. The fourth-order valence-corrected chi connectivity index (χ4v) is 4.80. The molecule has 0 aromatic heterocycles. The van der Waals surface area contributed by atoms with E-state index in [0.717, 1.165) is 41.9 Å². The first kappa shape index (κ1) is 25.6. The quantitative estimate of drug-likeness (QED) is 0.385. The van der Waals surface area contributed by atoms with Gasteiger partial charge in [-0.05, 0) is 54.7 Å². The van der Waals surface area contributed by atoms with Crippen molar-refractivity contribution in [3.8, 4) is 6.07 Å². The lowest BCUT2D eigenvalue weighted by molar-refractivity contribution is 0.0794. The molecule has 0 amide bonds. The zero-order valence-corrected chi connectivity index (χ0v) is 21.0. The lowest BCUT2D eigenvalue weighted by atomic mass is 9.85. The molecule has 0 unspecified atom stereocenters. The maximum Gasteiger partial charge on any atom is 0.139 e. The highest BCUT2D eigenvalue weighted by Crippen LogP contribution is 2.39. The van der Waals surface area contributed by atoms with Crippen LogP contribution in [0.5, 0.6) is 0 Å². The second-order valence-electron chi connectivity index (χ2n) is 9.38. The molecule has 1 fully saturated rings. The first-order valence-electron chi connectivity index (χ1n) is 12.5. The smallest absolute Gasteiger partial charge is 0.139 e. The summed E-state index contributed by atoms with van der Waals surface area (Å²) >= 11 is 0. The number of unbranched alkanes of at least 4 members (excludes halogenated alkanes) is 2. The van der Waals surface area contributed by atoms with E-state index in [1.165, 1.54) is 24.0 Å². The van der Waals surface area contributed by atoms with Crippen molar-refractivity contribution in [2.24, 2.45) is 0 Å². The van der Waals surface area contributed by atoms with Gasteiger partial charge in [0.1, 0.15) is 5.67 Å². The van der Waals surface area contributed by atoms with E-state index in [-0.39, 0.29) is 0 Å². The molecule has 3 rings (SSSR count). The van der Waals surface area contributed by atoms with Crippen molar-refractivity contribution in [1.29, 1.82) is 5.26 Å². The number of hydrogen-bond donors (Lipinski definition) is 1. The minimum Gasteiger partial charge on any atom is -0.385 e. The number of piperidine rings is 1. The largest absolute Gasteiger partial charge is 0.385 e. The van der Waals surface area contributed by atoms with Gasteiger partial charge in [0, 0.05) is 55.0 Å². The topological polar surface area (TPSA) is 39.1 Å². The molecule has 1 heterocycles. The summed E-state index contributed by atoms with van der Waals surface area (Å²) in [4.78, 5) is 2.21. The first-order valence-corrected chi connectivity index (χ1v) is 12.5. The zero-order valence-electron chi connectivity index (χ0n) is 21.0. The van der Waals surface area contributed by atoms with Gasteiger partial charge in [0.15, 0.2) is 0 Å². The summed E-state index contributed by atoms with van der Waals surface area (Å²) in [6.07, 6.45) is 5.30. The van der Waals surface area contributed by atoms with Crippen LogP contribution in [-0.4, -0.2) is 24.5 Å². The first-order chi connectivity index (χ1) is 16.3. The van der Waals surface area contributed by atoms with Crippen LogP contribution in [0.1, 0.15) is 79.3 Å². The van der Waals surface area contributed by atoms with Gasteiger partial charge in [-0.2, -0.15) is 5.26 Å². The Kier molecular flexibility index (Phi) is 8.56. The highest BCUT2D eigenvalue weighted by atomic mass is 19.1. The highest BCUT2D eigenvalue weighted by Gasteiger charge is 2.36. The van der Waals surface area contributed by atoms with Gasteiger partial charge < -0.3 is 10.2 Å². The van der Waals surface area contributed by atoms with Crippen LogP contribution < -0.4 is 5.32 Å². The lowest BCUT2D eigenvalue weighted by Crippen LogP contribution is -2.39. The second kappa shape index (κ2) is 11.4. The second-order valence-corrected chi connectivity index (χ2v) is 9.38. The molecule has 0 saturated carbocycles. The van der Waals surface area contributed by atoms with E-state index in [0.29, 0.717) is 37.1 Å². The van der Waals surface area contributed by atoms with Gasteiger partial charge in [-0.3, -0.25) is 0 Å². The number of aryl methyl sites for hydroxylation is 2. The van der Waals surface area contributed by atoms with E-state index in [1.807, 2.05) is 0 Å². The molecular weight excluding hydrogens is 421 g/mol. The Bertz CT molecular complexity index is 1050. The molecular formula is C30H38FN3. The van der Waals surface area contributed by atoms with Crippen LogP contribution >= 0.6 is 0 Å². The number of hydrogen-bond acceptors (Lipinski definition) is 3. The monoisotopic (exact) mass is 459 g/mol. The maximum absolute atomic E-state index is 15.7. The molecule has 3 nitrogen and oxygen atoms in total. The van der Waals surface area contributed by atoms with Gasteiger partial charge in [0.05, 0.1) is 11.6 Å². The molecule has 4 heteroatoms. The normalized spacial score (nSPS) is 15.0. The van der Waals surface area contributed by atoms with Gasteiger partial charge >= 0.3 is 0 Å². The molecule has 0 bridgehead atoms. The standard InChI is InChI=1S/C30H38FN3/c1-6-8-9-16-33-23(4)29-20-28(22(3)19-26(29)7-2)24(5)34-17-14-30(31,15-18-34)27-12-10-25(21-32)11-13-27/h10-13,19-20,33H,4-9,14-18H2,1-3H3. The van der Waals surface area contributed by atoms with Crippen LogP contribution in [0.4, 0.5) is 4.39 Å². The van der Waals surface area contributed by atoms with E-state index in [9.17, 15) is 0 Å². The van der Waals surface area contributed by atoms with E-state index < -0.39 is 5.67 Å². The summed E-state index contributed by atoms with van der Waals surface area (Å²) in [5.74, 6) is 0. The van der Waals surface area contributed by atoms with Crippen molar-refractivity contribution in [2.45, 2.75) is 65.0 Å². The maximum atomic E-state index is 15.7. The molecule has 34 heavy (non-hydrogen) atoms. The number of nitriles is 1. The molecule has 0 atom stereocenters. The van der Waals surface area contributed by atoms with Gasteiger partial charge in [-0.15, -0.1) is 0 Å². The predicted octanol–water partition coefficient (Wildman–Crippen LogP) is 7.11. The highest BCUT2D eigenvalue weighted by molar-refractivity contribution is 5.73. The Morgan fingerprint density at radius 1 is 1.09 bits per heavy atom. The van der Waals surface area contributed by atoms with Crippen LogP contribution in [0.15, 0.2) is 49.6 Å². The summed E-state index contributed by atoms with van der Waals surface area (Å²) in [5.41, 5.74) is 6.48. The lowest BCUT2D eigenvalue weighted by Gasteiger charge is -2.39. The summed E-state index contributed by atoms with van der Waals surface area (Å²) in [6.45, 7) is 17.4. The van der Waals surface area contributed by atoms with Crippen molar-refractivity contribution in [3.05, 3.63) is 82.9 Å². The van der Waals surface area contributed by atoms with Crippen LogP contribution in [0.2, 0.25) is 0 Å². The zero-order chi connectivity index (χ0) is 24.7. The van der Waals surface area contributed by atoms with Crippen LogP contribution in [-0.2, 0) is 12.1 Å². The van der Waals surface area contributed by atoms with Crippen LogP contribution in [0, 0.1) is 18.3 Å². The average Bonchev–Trinajstić information content (AvgIpc) is 2.86. The third kappa shape index (κ3) is 5.70. The molecule has 0 spiro atoms. The minimum atomic E-state index is -1.37. The average molecular weight is 460 g/mol. The number of rotatable bonds is 10. The van der Waals surface area contributed by atoms with E-state index in [2.05, 4.69) is 62.3 Å². The summed E-state index contributed by atoms with van der Waals surface area (Å²) in [5, 5.41) is 12.5. The summed E-state index contributed by atoms with van der Waals surface area (Å²) in [7, 11) is 0. The third-order valence-corrected chi connectivity index (χ3v) is 7.05. The Hall–Kier alpha value is -3.06. The molecule has 0 radical (unpaired) electrons. The Labute approximate surface area is 205 Å². The fraction of sp³-hybridized carbons (Fsp3) is 0.433. The number of alkyl halides is 1. The van der Waals surface area contributed by atoms with Crippen LogP contribution in [0.3, 0.4) is 0 Å². The van der Waals surface area contributed by atoms with Gasteiger partial charge in [0.2, 0.25) is 0 Å². The number of likely N-dealkylation sites (tertiary alicyclic amines) is 1. The number of nitrogens with one attached hydrogen (secondary N) is 1. The molecule has 1 saturated heterocycles. The Balaban J connectivity index is 1.74. The van der Waals surface area contributed by atoms with Gasteiger partial charge in [-0.25, -0.2) is 4.39 Å².